The number of aryl methyl sites for hydroxylation is 1. The number of esters is 1. The molecule has 0 unspecified atom stereocenters. The third-order valence-electron chi connectivity index (χ3n) is 4.57. The molecule has 2 amide bonds. The third kappa shape index (κ3) is 5.65. The first kappa shape index (κ1) is 22.8. The van der Waals surface area contributed by atoms with Crippen LogP contribution in [0.15, 0.2) is 47.5 Å². The monoisotopic (exact) mass is 459 g/mol. The second-order valence-electron chi connectivity index (χ2n) is 6.88. The summed E-state index contributed by atoms with van der Waals surface area (Å²) in [6, 6.07) is 11.9. The van der Waals surface area contributed by atoms with Gasteiger partial charge in [0.15, 0.2) is 5.17 Å². The Morgan fingerprint density at radius 3 is 2.58 bits per heavy atom. The highest BCUT2D eigenvalue weighted by atomic mass is 35.5. The SMILES string of the molecule is CCOC(=O)c1ccc(N=C2S[C@H](CC(=O)Nc3ccc(C)c(Cl)c3)C(=O)N2C)cc1. The molecule has 1 N–H and O–H groups in total. The van der Waals surface area contributed by atoms with Crippen LogP contribution >= 0.6 is 23.4 Å². The van der Waals surface area contributed by atoms with Gasteiger partial charge in [-0.05, 0) is 55.8 Å². The molecule has 1 aliphatic heterocycles. The molecule has 1 atom stereocenters. The van der Waals surface area contributed by atoms with Crippen molar-refractivity contribution >= 4 is 57.7 Å². The molecule has 9 heteroatoms. The molecule has 2 aromatic carbocycles. The molecule has 31 heavy (non-hydrogen) atoms. The number of hydrogen-bond donors (Lipinski definition) is 1. The van der Waals surface area contributed by atoms with Gasteiger partial charge >= 0.3 is 5.97 Å². The fourth-order valence-corrected chi connectivity index (χ4v) is 4.18. The zero-order valence-electron chi connectivity index (χ0n) is 17.3. The summed E-state index contributed by atoms with van der Waals surface area (Å²) in [4.78, 5) is 42.6. The van der Waals surface area contributed by atoms with Crippen molar-refractivity contribution in [3.63, 3.8) is 0 Å². The van der Waals surface area contributed by atoms with Crippen LogP contribution in [0.4, 0.5) is 11.4 Å². The number of nitrogens with one attached hydrogen (secondary N) is 1. The molecule has 1 heterocycles. The van der Waals surface area contributed by atoms with E-state index in [9.17, 15) is 14.4 Å². The first-order valence-electron chi connectivity index (χ1n) is 9.64. The number of ether oxygens (including phenoxy) is 1. The lowest BCUT2D eigenvalue weighted by molar-refractivity contribution is -0.127. The van der Waals surface area contributed by atoms with Crippen molar-refractivity contribution in [2.45, 2.75) is 25.5 Å². The molecule has 1 aliphatic rings. The third-order valence-corrected chi connectivity index (χ3v) is 6.21. The number of hydrogen-bond acceptors (Lipinski definition) is 6. The molecule has 0 aromatic heterocycles. The summed E-state index contributed by atoms with van der Waals surface area (Å²) < 4.78 is 4.96. The highest BCUT2D eigenvalue weighted by Crippen LogP contribution is 2.31. The standard InChI is InChI=1S/C22H22ClN3O4S/c1-4-30-21(29)14-6-9-15(10-7-14)25-22-26(3)20(28)18(31-22)12-19(27)24-16-8-5-13(2)17(23)11-16/h5-11,18H,4,12H2,1-3H3,(H,24,27)/t18-/m1/s1. The predicted octanol–water partition coefficient (Wildman–Crippen LogP) is 4.42. The van der Waals surface area contributed by atoms with Crippen molar-refractivity contribution in [3.05, 3.63) is 58.6 Å². The quantitative estimate of drug-likeness (QED) is 0.646. The van der Waals surface area contributed by atoms with Gasteiger partial charge in [-0.25, -0.2) is 9.79 Å². The molecule has 0 bridgehead atoms. The summed E-state index contributed by atoms with van der Waals surface area (Å²) in [6.45, 7) is 3.93. The Hall–Kier alpha value is -2.84. The van der Waals surface area contributed by atoms with Crippen molar-refractivity contribution in [2.75, 3.05) is 19.0 Å². The van der Waals surface area contributed by atoms with E-state index in [2.05, 4.69) is 10.3 Å². The van der Waals surface area contributed by atoms with E-state index < -0.39 is 11.2 Å². The first-order valence-corrected chi connectivity index (χ1v) is 10.9. The second-order valence-corrected chi connectivity index (χ2v) is 8.46. The molecular formula is C22H22ClN3O4S. The van der Waals surface area contributed by atoms with E-state index in [-0.39, 0.29) is 18.2 Å². The molecule has 162 valence electrons. The lowest BCUT2D eigenvalue weighted by Crippen LogP contribution is -2.30. The van der Waals surface area contributed by atoms with Crippen LogP contribution in [0, 0.1) is 6.92 Å². The molecule has 7 nitrogen and oxygen atoms in total. The summed E-state index contributed by atoms with van der Waals surface area (Å²) in [5.74, 6) is -0.867. The molecule has 1 fully saturated rings. The summed E-state index contributed by atoms with van der Waals surface area (Å²) in [7, 11) is 1.62. The van der Waals surface area contributed by atoms with Gasteiger partial charge in [0.05, 0.1) is 17.9 Å². The van der Waals surface area contributed by atoms with Crippen LogP contribution < -0.4 is 5.32 Å². The number of benzene rings is 2. The first-order chi connectivity index (χ1) is 14.8. The van der Waals surface area contributed by atoms with E-state index in [0.717, 1.165) is 5.56 Å². The Morgan fingerprint density at radius 1 is 1.23 bits per heavy atom. The minimum atomic E-state index is -0.566. The summed E-state index contributed by atoms with van der Waals surface area (Å²) in [6.07, 6.45) is 0.0140. The highest BCUT2D eigenvalue weighted by Gasteiger charge is 2.37. The van der Waals surface area contributed by atoms with Crippen molar-refractivity contribution in [3.8, 4) is 0 Å². The number of amidine groups is 1. The number of amides is 2. The smallest absolute Gasteiger partial charge is 0.338 e. The zero-order valence-corrected chi connectivity index (χ0v) is 18.9. The molecule has 3 rings (SSSR count). The fraction of sp³-hybridized carbons (Fsp3) is 0.273. The van der Waals surface area contributed by atoms with Crippen LogP contribution in [0.5, 0.6) is 0 Å². The van der Waals surface area contributed by atoms with E-state index in [0.29, 0.717) is 33.7 Å². The van der Waals surface area contributed by atoms with Gasteiger partial charge in [0, 0.05) is 24.2 Å². The van der Waals surface area contributed by atoms with Crippen molar-refractivity contribution in [1.82, 2.24) is 4.90 Å². The Bertz CT molecular complexity index is 1040. The number of anilines is 1. The van der Waals surface area contributed by atoms with Gasteiger partial charge < -0.3 is 10.1 Å². The highest BCUT2D eigenvalue weighted by molar-refractivity contribution is 8.15. The lowest BCUT2D eigenvalue weighted by atomic mass is 10.2. The average Bonchev–Trinajstić information content (AvgIpc) is 2.99. The number of carbonyl (C=O) groups is 3. The van der Waals surface area contributed by atoms with Crippen LogP contribution in [0.1, 0.15) is 29.3 Å². The van der Waals surface area contributed by atoms with Gasteiger partial charge in [0.25, 0.3) is 0 Å². The van der Waals surface area contributed by atoms with E-state index in [4.69, 9.17) is 16.3 Å². The van der Waals surface area contributed by atoms with Crippen LogP contribution in [-0.4, -0.2) is 46.8 Å². The number of aliphatic imine (C=N–C) groups is 1. The van der Waals surface area contributed by atoms with Crippen LogP contribution in [-0.2, 0) is 14.3 Å². The normalized spacial score (nSPS) is 17.2. The number of carbonyl (C=O) groups excluding carboxylic acids is 3. The van der Waals surface area contributed by atoms with E-state index in [1.807, 2.05) is 13.0 Å². The van der Waals surface area contributed by atoms with Crippen LogP contribution in [0.3, 0.4) is 0 Å². The molecule has 2 aromatic rings. The van der Waals surface area contributed by atoms with E-state index in [1.165, 1.54) is 16.7 Å². The van der Waals surface area contributed by atoms with Crippen molar-refractivity contribution in [1.29, 1.82) is 0 Å². The summed E-state index contributed by atoms with van der Waals surface area (Å²) in [5.41, 5.74) is 2.52. The number of halogens is 1. The van der Waals surface area contributed by atoms with Crippen LogP contribution in [0.25, 0.3) is 0 Å². The molecule has 0 radical (unpaired) electrons. The van der Waals surface area contributed by atoms with Gasteiger partial charge in [-0.15, -0.1) is 0 Å². The second kappa shape index (κ2) is 9.98. The van der Waals surface area contributed by atoms with Gasteiger partial charge in [0.1, 0.15) is 5.25 Å². The van der Waals surface area contributed by atoms with Gasteiger partial charge in [-0.2, -0.15) is 0 Å². The molecular weight excluding hydrogens is 438 g/mol. The Labute approximate surface area is 189 Å². The number of thioether (sulfide) groups is 1. The Morgan fingerprint density at radius 2 is 1.94 bits per heavy atom. The predicted molar refractivity (Wildman–Crippen MR) is 123 cm³/mol. The maximum absolute atomic E-state index is 12.6. The van der Waals surface area contributed by atoms with Crippen molar-refractivity contribution < 1.29 is 19.1 Å². The minimum Gasteiger partial charge on any atom is -0.462 e. The van der Waals surface area contributed by atoms with E-state index >= 15 is 0 Å². The molecule has 0 aliphatic carbocycles. The number of rotatable bonds is 6. The lowest BCUT2D eigenvalue weighted by Gasteiger charge is -2.10. The van der Waals surface area contributed by atoms with Gasteiger partial charge in [-0.3, -0.25) is 14.5 Å². The topological polar surface area (TPSA) is 88.1 Å². The molecule has 0 spiro atoms. The summed E-state index contributed by atoms with van der Waals surface area (Å²) in [5, 5.41) is 3.26. The fourth-order valence-electron chi connectivity index (χ4n) is 2.85. The molecule has 1 saturated heterocycles. The maximum atomic E-state index is 12.6. The summed E-state index contributed by atoms with van der Waals surface area (Å²) >= 11 is 7.32. The zero-order chi connectivity index (χ0) is 22.5. The minimum absolute atomic E-state index is 0.0140. The maximum Gasteiger partial charge on any atom is 0.338 e. The van der Waals surface area contributed by atoms with E-state index in [1.54, 1.807) is 50.4 Å². The number of nitrogens with zero attached hydrogens (tertiary/aromatic N) is 2. The van der Waals surface area contributed by atoms with Gasteiger partial charge in [-0.1, -0.05) is 29.4 Å². The Kier molecular flexibility index (Phi) is 7.35. The largest absolute Gasteiger partial charge is 0.462 e. The van der Waals surface area contributed by atoms with Crippen molar-refractivity contribution in [2.24, 2.45) is 4.99 Å². The van der Waals surface area contributed by atoms with Gasteiger partial charge in [0.2, 0.25) is 11.8 Å². The Balaban J connectivity index is 1.65. The average molecular weight is 460 g/mol. The molecule has 0 saturated carbocycles. The van der Waals surface area contributed by atoms with Crippen LogP contribution in [0.2, 0.25) is 5.02 Å².